The van der Waals surface area contributed by atoms with Crippen molar-refractivity contribution >= 4 is 34.1 Å². The molecule has 0 aliphatic carbocycles. The maximum Gasteiger partial charge on any atom is 0.333 e. The van der Waals surface area contributed by atoms with Crippen molar-refractivity contribution in [2.75, 3.05) is 11.4 Å². The Hall–Kier alpha value is -3.64. The summed E-state index contributed by atoms with van der Waals surface area (Å²) in [6, 6.07) is 20.6. The Kier molecular flexibility index (Phi) is 5.25. The first-order valence-corrected chi connectivity index (χ1v) is 9.80. The highest BCUT2D eigenvalue weighted by atomic mass is 35.5. The lowest BCUT2D eigenvalue weighted by Gasteiger charge is -2.21. The number of nitrogens with zero attached hydrogens (tertiary/aromatic N) is 2. The zero-order chi connectivity index (χ0) is 21.3. The number of para-hydroxylation sites is 2. The standard InChI is InChI=1S/C23H18ClN3O3/c1-2-26(16-8-4-3-5-9-16)21(28)15-12-13-18(24)20(14-15)27-22(29)17-10-6-7-11-19(17)25-23(27)30/h3-14H,2H2,1H3,(H,25,30). The van der Waals surface area contributed by atoms with Gasteiger partial charge < -0.3 is 9.88 Å². The second-order valence-corrected chi connectivity index (χ2v) is 7.07. The van der Waals surface area contributed by atoms with Crippen molar-refractivity contribution in [3.8, 4) is 5.69 Å². The number of nitrogens with one attached hydrogen (secondary N) is 1. The molecule has 150 valence electrons. The van der Waals surface area contributed by atoms with Gasteiger partial charge in [0, 0.05) is 17.8 Å². The summed E-state index contributed by atoms with van der Waals surface area (Å²) >= 11 is 6.32. The molecular weight excluding hydrogens is 402 g/mol. The number of hydrogen-bond donors (Lipinski definition) is 1. The van der Waals surface area contributed by atoms with Gasteiger partial charge in [-0.25, -0.2) is 9.36 Å². The molecule has 0 saturated heterocycles. The summed E-state index contributed by atoms with van der Waals surface area (Å²) in [5, 5.41) is 0.543. The zero-order valence-electron chi connectivity index (χ0n) is 16.1. The predicted molar refractivity (Wildman–Crippen MR) is 119 cm³/mol. The molecule has 0 aliphatic rings. The largest absolute Gasteiger partial charge is 0.333 e. The summed E-state index contributed by atoms with van der Waals surface area (Å²) in [5.41, 5.74) is 0.538. The number of H-pyrrole nitrogens is 1. The Bertz CT molecular complexity index is 1360. The number of fused-ring (bicyclic) bond motifs is 1. The van der Waals surface area contributed by atoms with Crippen LogP contribution in [0.1, 0.15) is 17.3 Å². The smallest absolute Gasteiger partial charge is 0.309 e. The van der Waals surface area contributed by atoms with Gasteiger partial charge in [-0.1, -0.05) is 41.9 Å². The molecule has 4 rings (SSSR count). The monoisotopic (exact) mass is 419 g/mol. The van der Waals surface area contributed by atoms with E-state index >= 15 is 0 Å². The highest BCUT2D eigenvalue weighted by Gasteiger charge is 2.19. The van der Waals surface area contributed by atoms with Gasteiger partial charge >= 0.3 is 5.69 Å². The van der Waals surface area contributed by atoms with E-state index < -0.39 is 11.2 Å². The number of carbonyl (C=O) groups excluding carboxylic acids is 1. The fraction of sp³-hybridized carbons (Fsp3) is 0.0870. The Balaban J connectivity index is 1.86. The van der Waals surface area contributed by atoms with Gasteiger partial charge in [0.1, 0.15) is 0 Å². The molecule has 0 radical (unpaired) electrons. The lowest BCUT2D eigenvalue weighted by Crippen LogP contribution is -2.34. The van der Waals surface area contributed by atoms with E-state index in [2.05, 4.69) is 4.98 Å². The third-order valence-corrected chi connectivity index (χ3v) is 5.19. The van der Waals surface area contributed by atoms with Gasteiger partial charge in [-0.3, -0.25) is 9.59 Å². The van der Waals surface area contributed by atoms with Crippen molar-refractivity contribution in [1.29, 1.82) is 0 Å². The van der Waals surface area contributed by atoms with Gasteiger partial charge in [0.25, 0.3) is 11.5 Å². The van der Waals surface area contributed by atoms with Gasteiger partial charge in [-0.05, 0) is 49.4 Å². The molecule has 0 unspecified atom stereocenters. The molecule has 1 N–H and O–H groups in total. The van der Waals surface area contributed by atoms with Crippen LogP contribution in [0.5, 0.6) is 0 Å². The Morgan fingerprint density at radius 2 is 1.70 bits per heavy atom. The van der Waals surface area contributed by atoms with Crippen molar-refractivity contribution < 1.29 is 4.79 Å². The fourth-order valence-corrected chi connectivity index (χ4v) is 3.61. The number of anilines is 1. The lowest BCUT2D eigenvalue weighted by molar-refractivity contribution is 0.0988. The van der Waals surface area contributed by atoms with E-state index in [1.54, 1.807) is 35.2 Å². The summed E-state index contributed by atoms with van der Waals surface area (Å²) < 4.78 is 0.959. The van der Waals surface area contributed by atoms with Crippen LogP contribution < -0.4 is 16.1 Å². The number of aromatic amines is 1. The van der Waals surface area contributed by atoms with Gasteiger partial charge in [-0.2, -0.15) is 0 Å². The normalized spacial score (nSPS) is 10.9. The predicted octanol–water partition coefficient (Wildman–Crippen LogP) is 4.00. The van der Waals surface area contributed by atoms with E-state index in [1.165, 1.54) is 12.1 Å². The van der Waals surface area contributed by atoms with E-state index in [0.29, 0.717) is 23.0 Å². The SMILES string of the molecule is CCN(C(=O)c1ccc(Cl)c(-n2c(=O)[nH]c3ccccc3c2=O)c1)c1ccccc1. The van der Waals surface area contributed by atoms with Crippen LogP contribution in [0.15, 0.2) is 82.4 Å². The van der Waals surface area contributed by atoms with Crippen molar-refractivity contribution in [3.63, 3.8) is 0 Å². The van der Waals surface area contributed by atoms with Crippen molar-refractivity contribution in [3.05, 3.63) is 104 Å². The molecule has 30 heavy (non-hydrogen) atoms. The first-order chi connectivity index (χ1) is 14.5. The van der Waals surface area contributed by atoms with Crippen LogP contribution in [-0.4, -0.2) is 22.0 Å². The second-order valence-electron chi connectivity index (χ2n) is 6.67. The molecule has 3 aromatic carbocycles. The first-order valence-electron chi connectivity index (χ1n) is 9.42. The molecule has 1 amide bonds. The summed E-state index contributed by atoms with van der Waals surface area (Å²) in [4.78, 5) is 43.1. The minimum Gasteiger partial charge on any atom is -0.309 e. The number of halogens is 1. The maximum atomic E-state index is 13.2. The molecule has 0 aliphatic heterocycles. The quantitative estimate of drug-likeness (QED) is 0.543. The fourth-order valence-electron chi connectivity index (χ4n) is 3.41. The van der Waals surface area contributed by atoms with Crippen LogP contribution in [0, 0.1) is 0 Å². The maximum absolute atomic E-state index is 13.2. The molecule has 0 bridgehead atoms. The average molecular weight is 420 g/mol. The molecule has 0 fully saturated rings. The molecular formula is C23H18ClN3O3. The van der Waals surface area contributed by atoms with Crippen molar-refractivity contribution in [2.24, 2.45) is 0 Å². The number of aromatic nitrogens is 2. The Labute approximate surface area is 177 Å². The van der Waals surface area contributed by atoms with E-state index in [9.17, 15) is 14.4 Å². The van der Waals surface area contributed by atoms with Gasteiger partial charge in [0.2, 0.25) is 0 Å². The number of rotatable bonds is 4. The lowest BCUT2D eigenvalue weighted by atomic mass is 10.1. The topological polar surface area (TPSA) is 75.2 Å². The zero-order valence-corrected chi connectivity index (χ0v) is 16.9. The molecule has 1 heterocycles. The molecule has 1 aromatic heterocycles. The molecule has 4 aromatic rings. The van der Waals surface area contributed by atoms with Crippen LogP contribution in [0.4, 0.5) is 5.69 Å². The molecule has 7 heteroatoms. The number of amides is 1. The highest BCUT2D eigenvalue weighted by molar-refractivity contribution is 6.32. The van der Waals surface area contributed by atoms with Crippen LogP contribution in [-0.2, 0) is 0 Å². The minimum atomic E-state index is -0.624. The third kappa shape index (κ3) is 3.42. The summed E-state index contributed by atoms with van der Waals surface area (Å²) in [7, 11) is 0. The average Bonchev–Trinajstić information content (AvgIpc) is 2.76. The Morgan fingerprint density at radius 3 is 2.43 bits per heavy atom. The summed E-state index contributed by atoms with van der Waals surface area (Å²) in [5.74, 6) is -0.258. The molecule has 6 nitrogen and oxygen atoms in total. The van der Waals surface area contributed by atoms with Gasteiger partial charge in [-0.15, -0.1) is 0 Å². The van der Waals surface area contributed by atoms with Crippen LogP contribution >= 0.6 is 11.6 Å². The van der Waals surface area contributed by atoms with Crippen molar-refractivity contribution in [1.82, 2.24) is 9.55 Å². The number of benzene rings is 3. The number of hydrogen-bond acceptors (Lipinski definition) is 3. The van der Waals surface area contributed by atoms with Crippen LogP contribution in [0.2, 0.25) is 5.02 Å². The van der Waals surface area contributed by atoms with E-state index in [4.69, 9.17) is 11.6 Å². The summed E-state index contributed by atoms with van der Waals surface area (Å²) in [6.45, 7) is 2.33. The summed E-state index contributed by atoms with van der Waals surface area (Å²) in [6.07, 6.45) is 0. The van der Waals surface area contributed by atoms with Gasteiger partial charge in [0.15, 0.2) is 0 Å². The second kappa shape index (κ2) is 8.00. The molecule has 0 atom stereocenters. The third-order valence-electron chi connectivity index (χ3n) is 4.87. The van der Waals surface area contributed by atoms with Crippen molar-refractivity contribution in [2.45, 2.75) is 6.92 Å². The van der Waals surface area contributed by atoms with Crippen LogP contribution in [0.3, 0.4) is 0 Å². The highest BCUT2D eigenvalue weighted by Crippen LogP contribution is 2.23. The minimum absolute atomic E-state index is 0.156. The van der Waals surface area contributed by atoms with E-state index in [0.717, 1.165) is 10.3 Å². The van der Waals surface area contributed by atoms with Crippen LogP contribution in [0.25, 0.3) is 16.6 Å². The Morgan fingerprint density at radius 1 is 1.00 bits per heavy atom. The van der Waals surface area contributed by atoms with E-state index in [-0.39, 0.29) is 16.6 Å². The van der Waals surface area contributed by atoms with Gasteiger partial charge in [0.05, 0.1) is 21.6 Å². The first kappa shape index (κ1) is 19.7. The molecule has 0 saturated carbocycles. The molecule has 0 spiro atoms. The number of carbonyl (C=O) groups is 1. The van der Waals surface area contributed by atoms with E-state index in [1.807, 2.05) is 37.3 Å².